The van der Waals surface area contributed by atoms with E-state index in [1.54, 1.807) is 17.9 Å². The molecule has 3 unspecified atom stereocenters. The Kier molecular flexibility index (Phi) is 10.1. The minimum atomic E-state index is -4.95. The molecule has 2 aliphatic heterocycles. The first-order valence-corrected chi connectivity index (χ1v) is 14.2. The van der Waals surface area contributed by atoms with Gasteiger partial charge in [-0.2, -0.15) is 26.3 Å². The molecule has 2 aromatic rings. The molecule has 2 fully saturated rings. The van der Waals surface area contributed by atoms with E-state index in [-0.39, 0.29) is 36.9 Å². The molecule has 3 atom stereocenters. The summed E-state index contributed by atoms with van der Waals surface area (Å²) in [7, 11) is 0. The number of aryl methyl sites for hydroxylation is 1. The first kappa shape index (κ1) is 32.1. The molecule has 0 aliphatic carbocycles. The Bertz CT molecular complexity index is 1200. The van der Waals surface area contributed by atoms with Crippen LogP contribution in [0.3, 0.4) is 0 Å². The van der Waals surface area contributed by atoms with E-state index >= 15 is 0 Å². The maximum absolute atomic E-state index is 13.9. The zero-order chi connectivity index (χ0) is 30.7. The van der Waals surface area contributed by atoms with Crippen LogP contribution in [-0.2, 0) is 23.5 Å². The normalized spacial score (nSPS) is 21.3. The lowest BCUT2D eigenvalue weighted by Crippen LogP contribution is -2.49. The Morgan fingerprint density at radius 3 is 2.21 bits per heavy atom. The molecule has 2 saturated heterocycles. The van der Waals surface area contributed by atoms with Crippen LogP contribution in [0.1, 0.15) is 72.9 Å². The molecule has 2 heterocycles. The van der Waals surface area contributed by atoms with E-state index in [0.29, 0.717) is 37.1 Å². The Morgan fingerprint density at radius 2 is 1.62 bits per heavy atom. The fourth-order valence-electron chi connectivity index (χ4n) is 5.83. The second-order valence-electron chi connectivity index (χ2n) is 11.1. The molecule has 0 spiro atoms. The number of hydrogen-bond acceptors (Lipinski definition) is 3. The monoisotopic (exact) mass is 603 g/mol. The number of rotatable bonds is 7. The van der Waals surface area contributed by atoms with Gasteiger partial charge in [-0.05, 0) is 93.0 Å². The highest BCUT2D eigenvalue weighted by Crippen LogP contribution is 2.37. The molecule has 0 saturated carbocycles. The lowest BCUT2D eigenvalue weighted by molar-refractivity contribution is -0.143. The number of nitrogens with one attached hydrogen (secondary N) is 1. The van der Waals surface area contributed by atoms with Crippen LogP contribution in [0.4, 0.5) is 35.5 Å². The topological polar surface area (TPSA) is 44.8 Å². The van der Waals surface area contributed by atoms with Gasteiger partial charge in [-0.1, -0.05) is 12.5 Å². The number of nitrogens with zero attached hydrogens (tertiary/aromatic N) is 2. The van der Waals surface area contributed by atoms with Gasteiger partial charge >= 0.3 is 18.4 Å². The van der Waals surface area contributed by atoms with Gasteiger partial charge in [0.25, 0.3) is 0 Å². The number of carbonyl (C=O) groups is 1. The molecule has 2 aromatic carbocycles. The van der Waals surface area contributed by atoms with Crippen molar-refractivity contribution in [3.05, 3.63) is 70.0 Å². The second-order valence-corrected chi connectivity index (χ2v) is 11.1. The minimum absolute atomic E-state index is 0.0794. The molecule has 4 rings (SSSR count). The third-order valence-corrected chi connectivity index (χ3v) is 8.04. The fraction of sp³-hybridized carbons (Fsp3) is 0.567. The predicted octanol–water partition coefficient (Wildman–Crippen LogP) is 7.48. The van der Waals surface area contributed by atoms with Crippen molar-refractivity contribution in [1.29, 1.82) is 0 Å². The number of piperidine rings is 2. The molecule has 232 valence electrons. The van der Waals surface area contributed by atoms with Gasteiger partial charge in [0.1, 0.15) is 12.0 Å². The summed E-state index contributed by atoms with van der Waals surface area (Å²) in [6.45, 7) is 5.82. The van der Waals surface area contributed by atoms with Crippen LogP contribution >= 0.6 is 0 Å². The largest absolute Gasteiger partial charge is 0.416 e. The quantitative estimate of drug-likeness (QED) is 0.334. The molecule has 12 heteroatoms. The third kappa shape index (κ3) is 8.15. The van der Waals surface area contributed by atoms with Crippen LogP contribution in [0, 0.1) is 12.7 Å². The van der Waals surface area contributed by atoms with Crippen molar-refractivity contribution in [2.75, 3.05) is 26.2 Å². The Morgan fingerprint density at radius 1 is 0.976 bits per heavy atom. The number of carbonyl (C=O) groups excluding carboxylic acids is 1. The summed E-state index contributed by atoms with van der Waals surface area (Å²) in [5.74, 6) is -0.408. The average molecular weight is 604 g/mol. The number of likely N-dealkylation sites (tertiary alicyclic amines) is 2. The first-order valence-electron chi connectivity index (χ1n) is 14.2. The van der Waals surface area contributed by atoms with E-state index in [4.69, 9.17) is 4.74 Å². The SMILES string of the molecule is Cc1cc(F)ccc1C1CC(OC(C)N2CCCCC2)CCN1C(=O)NCCc1cc(C(F)(F)F)cc(C(F)(F)F)c1. The molecule has 2 amide bonds. The van der Waals surface area contributed by atoms with Gasteiger partial charge in [0.15, 0.2) is 0 Å². The highest BCUT2D eigenvalue weighted by molar-refractivity contribution is 5.75. The van der Waals surface area contributed by atoms with Crippen molar-refractivity contribution in [3.63, 3.8) is 0 Å². The maximum Gasteiger partial charge on any atom is 0.416 e. The van der Waals surface area contributed by atoms with E-state index in [1.165, 1.54) is 18.6 Å². The van der Waals surface area contributed by atoms with Gasteiger partial charge in [0.2, 0.25) is 0 Å². The van der Waals surface area contributed by atoms with Crippen molar-refractivity contribution in [3.8, 4) is 0 Å². The maximum atomic E-state index is 13.9. The number of urea groups is 1. The number of hydrogen-bond donors (Lipinski definition) is 1. The molecular weight excluding hydrogens is 567 g/mol. The Balaban J connectivity index is 1.46. The highest BCUT2D eigenvalue weighted by atomic mass is 19.4. The molecule has 0 bridgehead atoms. The average Bonchev–Trinajstić information content (AvgIpc) is 2.92. The smallest absolute Gasteiger partial charge is 0.360 e. The summed E-state index contributed by atoms with van der Waals surface area (Å²) in [4.78, 5) is 17.2. The molecule has 2 aliphatic rings. The summed E-state index contributed by atoms with van der Waals surface area (Å²) < 4.78 is 99.7. The second kappa shape index (κ2) is 13.2. The van der Waals surface area contributed by atoms with Crippen molar-refractivity contribution < 1.29 is 40.3 Å². The van der Waals surface area contributed by atoms with Crippen LogP contribution in [0.5, 0.6) is 0 Å². The van der Waals surface area contributed by atoms with E-state index in [9.17, 15) is 35.5 Å². The number of alkyl halides is 6. The fourth-order valence-corrected chi connectivity index (χ4v) is 5.83. The minimum Gasteiger partial charge on any atom is -0.360 e. The summed E-state index contributed by atoms with van der Waals surface area (Å²) in [6.07, 6.45) is -5.96. The van der Waals surface area contributed by atoms with Gasteiger partial charge in [-0.25, -0.2) is 9.18 Å². The Labute approximate surface area is 241 Å². The number of ether oxygens (including phenoxy) is 1. The summed E-state index contributed by atoms with van der Waals surface area (Å²) >= 11 is 0. The van der Waals surface area contributed by atoms with Gasteiger partial charge in [-0.3, -0.25) is 4.90 Å². The van der Waals surface area contributed by atoms with Crippen molar-refractivity contribution >= 4 is 6.03 Å². The highest BCUT2D eigenvalue weighted by Gasteiger charge is 2.38. The first-order chi connectivity index (χ1) is 19.7. The lowest BCUT2D eigenvalue weighted by atomic mass is 9.90. The summed E-state index contributed by atoms with van der Waals surface area (Å²) in [5.41, 5.74) is -1.58. The number of halogens is 7. The van der Waals surface area contributed by atoms with Gasteiger partial charge in [-0.15, -0.1) is 0 Å². The van der Waals surface area contributed by atoms with Crippen molar-refractivity contribution in [2.45, 2.75) is 83.1 Å². The molecular formula is C30H36F7N3O2. The number of benzene rings is 2. The molecule has 0 aromatic heterocycles. The van der Waals surface area contributed by atoms with Gasteiger partial charge in [0, 0.05) is 26.2 Å². The molecule has 42 heavy (non-hydrogen) atoms. The summed E-state index contributed by atoms with van der Waals surface area (Å²) in [5, 5.41) is 2.66. The van der Waals surface area contributed by atoms with E-state index in [2.05, 4.69) is 10.2 Å². The van der Waals surface area contributed by atoms with E-state index in [0.717, 1.165) is 31.5 Å². The standard InChI is InChI=1S/C30H36F7N3O2/c1-19-14-24(31)6-7-26(19)27-18-25(42-20(2)39-11-4-3-5-12-39)9-13-40(27)28(41)38-10-8-21-15-22(29(32,33)34)17-23(16-21)30(35,36)37/h6-7,14-17,20,25,27H,3-5,8-13,18H2,1-2H3,(H,38,41). The van der Waals surface area contributed by atoms with E-state index < -0.39 is 41.4 Å². The van der Waals surface area contributed by atoms with Crippen LogP contribution in [0.25, 0.3) is 0 Å². The van der Waals surface area contributed by atoms with Crippen LogP contribution in [0.15, 0.2) is 36.4 Å². The van der Waals surface area contributed by atoms with Crippen LogP contribution in [-0.4, -0.2) is 54.3 Å². The molecule has 1 N–H and O–H groups in total. The van der Waals surface area contributed by atoms with Gasteiger partial charge < -0.3 is 15.0 Å². The zero-order valence-corrected chi connectivity index (χ0v) is 23.6. The Hall–Kier alpha value is -2.86. The van der Waals surface area contributed by atoms with Crippen molar-refractivity contribution in [2.24, 2.45) is 0 Å². The lowest BCUT2D eigenvalue weighted by Gasteiger charge is -2.42. The number of amides is 2. The van der Waals surface area contributed by atoms with Crippen LogP contribution < -0.4 is 5.32 Å². The van der Waals surface area contributed by atoms with Gasteiger partial charge in [0.05, 0.1) is 23.3 Å². The third-order valence-electron chi connectivity index (χ3n) is 8.04. The molecule has 5 nitrogen and oxygen atoms in total. The predicted molar refractivity (Wildman–Crippen MR) is 143 cm³/mol. The van der Waals surface area contributed by atoms with E-state index in [1.807, 2.05) is 6.92 Å². The molecule has 0 radical (unpaired) electrons. The van der Waals surface area contributed by atoms with Crippen molar-refractivity contribution in [1.82, 2.24) is 15.1 Å². The van der Waals surface area contributed by atoms with Crippen LogP contribution in [0.2, 0.25) is 0 Å². The summed E-state index contributed by atoms with van der Waals surface area (Å²) in [6, 6.07) is 4.79. The zero-order valence-electron chi connectivity index (χ0n) is 23.6.